The maximum absolute atomic E-state index is 12.9. The number of hydrogen-bond acceptors (Lipinski definition) is 2. The van der Waals surface area contributed by atoms with Crippen molar-refractivity contribution in [2.45, 2.75) is 31.6 Å². The highest BCUT2D eigenvalue weighted by atomic mass is 19.3. The van der Waals surface area contributed by atoms with Gasteiger partial charge in [0.1, 0.15) is 5.75 Å². The van der Waals surface area contributed by atoms with Gasteiger partial charge in [-0.1, -0.05) is 6.07 Å². The molecule has 1 aliphatic rings. The minimum atomic E-state index is -2.52. The Bertz CT molecular complexity index is 428. The molecule has 4 heteroatoms. The Morgan fingerprint density at radius 3 is 2.47 bits per heavy atom. The first-order valence-electron chi connectivity index (χ1n) is 5.72. The minimum Gasteiger partial charge on any atom is -0.496 e. The van der Waals surface area contributed by atoms with E-state index in [4.69, 9.17) is 10.5 Å². The van der Waals surface area contributed by atoms with E-state index in [1.165, 1.54) is 13.2 Å². The van der Waals surface area contributed by atoms with E-state index in [2.05, 4.69) is 0 Å². The molecule has 0 radical (unpaired) electrons. The third kappa shape index (κ3) is 1.90. The molecule has 17 heavy (non-hydrogen) atoms. The maximum Gasteiger partial charge on any atom is 0.267 e. The van der Waals surface area contributed by atoms with Gasteiger partial charge in [-0.3, -0.25) is 0 Å². The van der Waals surface area contributed by atoms with Crippen LogP contribution in [0.4, 0.5) is 8.78 Å². The Morgan fingerprint density at radius 1 is 1.41 bits per heavy atom. The Hall–Kier alpha value is -1.16. The fourth-order valence-electron chi connectivity index (χ4n) is 2.46. The first kappa shape index (κ1) is 12.3. The summed E-state index contributed by atoms with van der Waals surface area (Å²) in [6, 6.07) is 3.17. The molecule has 2 rings (SSSR count). The van der Waals surface area contributed by atoms with Gasteiger partial charge in [-0.15, -0.1) is 0 Å². The largest absolute Gasteiger partial charge is 0.496 e. The number of benzene rings is 1. The van der Waals surface area contributed by atoms with Crippen molar-refractivity contribution < 1.29 is 13.5 Å². The zero-order valence-corrected chi connectivity index (χ0v) is 10.1. The molecule has 1 fully saturated rings. The summed E-state index contributed by atoms with van der Waals surface area (Å²) < 4.78 is 31.1. The molecule has 0 heterocycles. The number of hydrogen-bond donors (Lipinski definition) is 1. The zero-order valence-electron chi connectivity index (χ0n) is 10.1. The van der Waals surface area contributed by atoms with E-state index in [1.54, 1.807) is 6.07 Å². The molecular formula is C13H17F2NO. The van der Waals surface area contributed by atoms with Gasteiger partial charge in [0.15, 0.2) is 0 Å². The fourth-order valence-corrected chi connectivity index (χ4v) is 2.46. The Kier molecular flexibility index (Phi) is 3.08. The summed E-state index contributed by atoms with van der Waals surface area (Å²) in [5.74, 6) is 0.322. The molecule has 0 amide bonds. The maximum atomic E-state index is 12.9. The highest BCUT2D eigenvalue weighted by Gasteiger charge is 2.46. The summed E-state index contributed by atoms with van der Waals surface area (Å²) in [5, 5.41) is 0. The van der Waals surface area contributed by atoms with Crippen molar-refractivity contribution in [2.75, 3.05) is 13.7 Å². The predicted octanol–water partition coefficient (Wildman–Crippen LogP) is 2.93. The molecule has 0 unspecified atom stereocenters. The average Bonchev–Trinajstić information content (AvgIpc) is 3.08. The number of ether oxygens (including phenoxy) is 1. The van der Waals surface area contributed by atoms with Crippen molar-refractivity contribution in [2.24, 2.45) is 5.73 Å². The van der Waals surface area contributed by atoms with Crippen LogP contribution >= 0.6 is 0 Å². The van der Waals surface area contributed by atoms with Crippen molar-refractivity contribution >= 4 is 0 Å². The second-order valence-corrected chi connectivity index (χ2v) is 4.67. The summed E-state index contributed by atoms with van der Waals surface area (Å²) in [5.41, 5.74) is 7.46. The van der Waals surface area contributed by atoms with E-state index in [-0.39, 0.29) is 11.0 Å². The van der Waals surface area contributed by atoms with E-state index in [9.17, 15) is 8.78 Å². The van der Waals surface area contributed by atoms with E-state index < -0.39 is 6.43 Å². The van der Waals surface area contributed by atoms with Crippen LogP contribution in [0.2, 0.25) is 0 Å². The first-order chi connectivity index (χ1) is 8.05. The van der Waals surface area contributed by atoms with E-state index in [1.807, 2.05) is 6.92 Å². The molecule has 1 aromatic rings. The SMILES string of the molecule is COc1c(C(F)F)ccc(C)c1C1(CN)CC1. The number of methoxy groups -OCH3 is 1. The standard InChI is InChI=1S/C13H17F2NO/c1-8-3-4-9(12(14)15)11(17-2)10(8)13(7-16)5-6-13/h3-4,12H,5-7,16H2,1-2H3. The van der Waals surface area contributed by atoms with Gasteiger partial charge in [0, 0.05) is 17.5 Å². The number of rotatable bonds is 4. The summed E-state index contributed by atoms with van der Waals surface area (Å²) in [4.78, 5) is 0. The van der Waals surface area contributed by atoms with Gasteiger partial charge < -0.3 is 10.5 Å². The van der Waals surface area contributed by atoms with Crippen LogP contribution in [0.5, 0.6) is 5.75 Å². The van der Waals surface area contributed by atoms with Gasteiger partial charge >= 0.3 is 0 Å². The molecule has 0 saturated heterocycles. The van der Waals surface area contributed by atoms with Crippen LogP contribution in [-0.4, -0.2) is 13.7 Å². The lowest BCUT2D eigenvalue weighted by Gasteiger charge is -2.22. The van der Waals surface area contributed by atoms with Gasteiger partial charge in [0.25, 0.3) is 6.43 Å². The third-order valence-corrected chi connectivity index (χ3v) is 3.61. The topological polar surface area (TPSA) is 35.2 Å². The van der Waals surface area contributed by atoms with Crippen LogP contribution in [0.1, 0.15) is 36.0 Å². The van der Waals surface area contributed by atoms with Crippen LogP contribution in [0, 0.1) is 6.92 Å². The van der Waals surface area contributed by atoms with E-state index >= 15 is 0 Å². The predicted molar refractivity (Wildman–Crippen MR) is 62.7 cm³/mol. The van der Waals surface area contributed by atoms with Crippen molar-refractivity contribution in [3.63, 3.8) is 0 Å². The number of aryl methyl sites for hydroxylation is 1. The van der Waals surface area contributed by atoms with Crippen LogP contribution in [0.25, 0.3) is 0 Å². The Labute approximate surface area is 99.8 Å². The number of alkyl halides is 2. The summed E-state index contributed by atoms with van der Waals surface area (Å²) >= 11 is 0. The van der Waals surface area contributed by atoms with Gasteiger partial charge in [-0.25, -0.2) is 8.78 Å². The lowest BCUT2D eigenvalue weighted by atomic mass is 9.89. The van der Waals surface area contributed by atoms with Crippen LogP contribution in [-0.2, 0) is 5.41 Å². The fraction of sp³-hybridized carbons (Fsp3) is 0.538. The molecule has 2 N–H and O–H groups in total. The molecule has 94 valence electrons. The van der Waals surface area contributed by atoms with Gasteiger partial charge in [0.05, 0.1) is 12.7 Å². The molecule has 0 bridgehead atoms. The highest BCUT2D eigenvalue weighted by Crippen LogP contribution is 2.53. The van der Waals surface area contributed by atoms with Crippen LogP contribution in [0.3, 0.4) is 0 Å². The van der Waals surface area contributed by atoms with Gasteiger partial charge in [-0.05, 0) is 31.4 Å². The third-order valence-electron chi connectivity index (χ3n) is 3.61. The Morgan fingerprint density at radius 2 is 2.06 bits per heavy atom. The van der Waals surface area contributed by atoms with Crippen molar-refractivity contribution in [1.82, 2.24) is 0 Å². The quantitative estimate of drug-likeness (QED) is 0.879. The van der Waals surface area contributed by atoms with Crippen molar-refractivity contribution in [1.29, 1.82) is 0 Å². The summed E-state index contributed by atoms with van der Waals surface area (Å²) in [7, 11) is 1.44. The molecule has 0 aliphatic heterocycles. The molecular weight excluding hydrogens is 224 g/mol. The molecule has 0 spiro atoms. The highest BCUT2D eigenvalue weighted by molar-refractivity contribution is 5.53. The lowest BCUT2D eigenvalue weighted by molar-refractivity contribution is 0.146. The molecule has 0 aromatic heterocycles. The molecule has 0 atom stereocenters. The van der Waals surface area contributed by atoms with Gasteiger partial charge in [-0.2, -0.15) is 0 Å². The van der Waals surface area contributed by atoms with Crippen molar-refractivity contribution in [3.8, 4) is 5.75 Å². The van der Waals surface area contributed by atoms with Gasteiger partial charge in [0.2, 0.25) is 0 Å². The lowest BCUT2D eigenvalue weighted by Crippen LogP contribution is -2.22. The Balaban J connectivity index is 2.60. The summed E-state index contributed by atoms with van der Waals surface area (Å²) in [6.45, 7) is 2.40. The molecule has 2 nitrogen and oxygen atoms in total. The van der Waals surface area contributed by atoms with Crippen LogP contribution < -0.4 is 10.5 Å². The number of nitrogens with two attached hydrogens (primary N) is 1. The molecule has 1 aromatic carbocycles. The zero-order chi connectivity index (χ0) is 12.6. The second-order valence-electron chi connectivity index (χ2n) is 4.67. The second kappa shape index (κ2) is 4.26. The smallest absolute Gasteiger partial charge is 0.267 e. The molecule has 1 saturated carbocycles. The summed E-state index contributed by atoms with van der Waals surface area (Å²) in [6.07, 6.45) is -0.612. The van der Waals surface area contributed by atoms with E-state index in [0.717, 1.165) is 24.0 Å². The minimum absolute atomic E-state index is 0.0344. The normalized spacial score (nSPS) is 17.3. The monoisotopic (exact) mass is 241 g/mol. The first-order valence-corrected chi connectivity index (χ1v) is 5.72. The number of halogens is 2. The van der Waals surface area contributed by atoms with E-state index in [0.29, 0.717) is 12.3 Å². The van der Waals surface area contributed by atoms with Crippen molar-refractivity contribution in [3.05, 3.63) is 28.8 Å². The average molecular weight is 241 g/mol. The molecule has 1 aliphatic carbocycles. The van der Waals surface area contributed by atoms with Crippen LogP contribution in [0.15, 0.2) is 12.1 Å².